The fourth-order valence-electron chi connectivity index (χ4n) is 3.02. The van der Waals surface area contributed by atoms with E-state index in [0.717, 1.165) is 11.4 Å². The van der Waals surface area contributed by atoms with Crippen LogP contribution in [0.25, 0.3) is 0 Å². The van der Waals surface area contributed by atoms with Gasteiger partial charge in [-0.1, -0.05) is 35.3 Å². The largest absolute Gasteiger partial charge is 0.454 e. The summed E-state index contributed by atoms with van der Waals surface area (Å²) in [5, 5.41) is 10.1. The average molecular weight is 416 g/mol. The van der Waals surface area contributed by atoms with Gasteiger partial charge in [0, 0.05) is 24.1 Å². The summed E-state index contributed by atoms with van der Waals surface area (Å²) in [6.07, 6.45) is 0. The molecule has 0 aromatic heterocycles. The second kappa shape index (κ2) is 7.93. The van der Waals surface area contributed by atoms with Crippen molar-refractivity contribution in [1.29, 1.82) is 5.26 Å². The summed E-state index contributed by atoms with van der Waals surface area (Å²) in [5.41, 5.74) is 1.76. The molecule has 2 aromatic carbocycles. The molecule has 0 amide bonds. The van der Waals surface area contributed by atoms with Crippen molar-refractivity contribution in [3.63, 3.8) is 0 Å². The van der Waals surface area contributed by atoms with Crippen molar-refractivity contribution in [3.8, 4) is 6.07 Å². The van der Waals surface area contributed by atoms with Gasteiger partial charge in [-0.2, -0.15) is 5.26 Å². The van der Waals surface area contributed by atoms with Crippen molar-refractivity contribution >= 4 is 46.3 Å². The lowest BCUT2D eigenvalue weighted by Crippen LogP contribution is -2.27. The standard InChI is InChI=1S/C20H15Cl2N3O3/c1-24-16-5-3-4-6-17(16)25(2)19(24)15(10-23)18(26)11-28-20(27)12-7-13(21)9-14(22)8-12/h3-9H,11H2,1-2H3. The fraction of sp³-hybridized carbons (Fsp3) is 0.150. The number of fused-ring (bicyclic) bond motifs is 1. The smallest absolute Gasteiger partial charge is 0.338 e. The van der Waals surface area contributed by atoms with Crippen LogP contribution in [-0.4, -0.2) is 32.5 Å². The topological polar surface area (TPSA) is 73.6 Å². The van der Waals surface area contributed by atoms with Gasteiger partial charge in [-0.25, -0.2) is 4.79 Å². The molecular formula is C20H15Cl2N3O3. The van der Waals surface area contributed by atoms with E-state index in [4.69, 9.17) is 27.9 Å². The normalized spacial score (nSPS) is 12.5. The molecule has 1 aliphatic heterocycles. The van der Waals surface area contributed by atoms with Gasteiger partial charge < -0.3 is 14.5 Å². The number of hydrogen-bond acceptors (Lipinski definition) is 6. The van der Waals surface area contributed by atoms with Gasteiger partial charge in [0.1, 0.15) is 17.5 Å². The molecule has 0 N–H and O–H groups in total. The van der Waals surface area contributed by atoms with E-state index < -0.39 is 18.4 Å². The third-order valence-electron chi connectivity index (χ3n) is 4.29. The van der Waals surface area contributed by atoms with Crippen molar-refractivity contribution < 1.29 is 14.3 Å². The molecule has 3 rings (SSSR count). The van der Waals surface area contributed by atoms with E-state index in [1.165, 1.54) is 18.2 Å². The zero-order valence-electron chi connectivity index (χ0n) is 15.1. The molecule has 0 aliphatic carbocycles. The molecule has 0 radical (unpaired) electrons. The highest BCUT2D eigenvalue weighted by Crippen LogP contribution is 2.40. The maximum absolute atomic E-state index is 12.6. The molecule has 0 saturated carbocycles. The predicted octanol–water partition coefficient (Wildman–Crippen LogP) is 4.04. The van der Waals surface area contributed by atoms with Crippen LogP contribution in [0, 0.1) is 11.3 Å². The maximum atomic E-state index is 12.6. The average Bonchev–Trinajstić information content (AvgIpc) is 2.91. The molecule has 0 unspecified atom stereocenters. The third-order valence-corrected chi connectivity index (χ3v) is 4.72. The Kier molecular flexibility index (Phi) is 5.59. The van der Waals surface area contributed by atoms with Crippen LogP contribution in [0.3, 0.4) is 0 Å². The lowest BCUT2D eigenvalue weighted by Gasteiger charge is -2.19. The lowest BCUT2D eigenvalue weighted by molar-refractivity contribution is -0.118. The maximum Gasteiger partial charge on any atom is 0.338 e. The van der Waals surface area contributed by atoms with Crippen LogP contribution in [0.1, 0.15) is 10.4 Å². The molecule has 8 heteroatoms. The number of esters is 1. The third kappa shape index (κ3) is 3.68. The molecule has 1 aliphatic rings. The van der Waals surface area contributed by atoms with Crippen LogP contribution in [-0.2, 0) is 9.53 Å². The summed E-state index contributed by atoms with van der Waals surface area (Å²) in [7, 11) is 3.53. The molecule has 142 valence electrons. The van der Waals surface area contributed by atoms with Crippen LogP contribution in [0.4, 0.5) is 11.4 Å². The Labute approximate surface area is 172 Å². The highest BCUT2D eigenvalue weighted by atomic mass is 35.5. The van der Waals surface area contributed by atoms with Crippen molar-refractivity contribution in [1.82, 2.24) is 0 Å². The number of carbonyl (C=O) groups is 2. The highest BCUT2D eigenvalue weighted by Gasteiger charge is 2.31. The Morgan fingerprint density at radius 1 is 1.04 bits per heavy atom. The predicted molar refractivity (Wildman–Crippen MR) is 108 cm³/mol. The first kappa shape index (κ1) is 19.7. The number of ketones is 1. The van der Waals surface area contributed by atoms with Gasteiger partial charge in [-0.05, 0) is 30.3 Å². The van der Waals surface area contributed by atoms with E-state index in [2.05, 4.69) is 0 Å². The van der Waals surface area contributed by atoms with Gasteiger partial charge in [0.05, 0.1) is 16.9 Å². The van der Waals surface area contributed by atoms with E-state index in [1.807, 2.05) is 30.3 Å². The Balaban J connectivity index is 1.80. The monoisotopic (exact) mass is 415 g/mol. The van der Waals surface area contributed by atoms with Crippen LogP contribution >= 0.6 is 23.2 Å². The van der Waals surface area contributed by atoms with Gasteiger partial charge in [0.15, 0.2) is 6.61 Å². The van der Waals surface area contributed by atoms with Gasteiger partial charge in [0.25, 0.3) is 0 Å². The Hall–Kier alpha value is -3.01. The number of hydrogen-bond donors (Lipinski definition) is 0. The molecule has 0 bridgehead atoms. The van der Waals surface area contributed by atoms with Gasteiger partial charge in [0.2, 0.25) is 5.78 Å². The number of rotatable bonds is 4. The van der Waals surface area contributed by atoms with Gasteiger partial charge in [-0.15, -0.1) is 0 Å². The van der Waals surface area contributed by atoms with Crippen molar-refractivity contribution in [2.45, 2.75) is 0 Å². The molecule has 2 aromatic rings. The van der Waals surface area contributed by atoms with E-state index in [1.54, 1.807) is 23.9 Å². The Bertz CT molecular complexity index is 992. The number of ether oxygens (including phenoxy) is 1. The fourth-order valence-corrected chi connectivity index (χ4v) is 3.54. The summed E-state index contributed by atoms with van der Waals surface area (Å²) in [6.45, 7) is -0.576. The van der Waals surface area contributed by atoms with Crippen LogP contribution in [0.2, 0.25) is 10.0 Å². The number of halogens is 2. The Morgan fingerprint density at radius 2 is 1.57 bits per heavy atom. The molecule has 6 nitrogen and oxygen atoms in total. The lowest BCUT2D eigenvalue weighted by atomic mass is 10.2. The zero-order valence-corrected chi connectivity index (χ0v) is 16.6. The van der Waals surface area contributed by atoms with Crippen molar-refractivity contribution in [2.24, 2.45) is 0 Å². The minimum atomic E-state index is -0.753. The molecule has 1 heterocycles. The number of para-hydroxylation sites is 2. The SMILES string of the molecule is CN1C(=C(C#N)C(=O)COC(=O)c2cc(Cl)cc(Cl)c2)N(C)c2ccccc21. The quantitative estimate of drug-likeness (QED) is 0.426. The summed E-state index contributed by atoms with van der Waals surface area (Å²) < 4.78 is 5.06. The first-order chi connectivity index (χ1) is 13.3. The minimum absolute atomic E-state index is 0.0990. The molecule has 0 spiro atoms. The number of Topliss-reactive ketones (excluding diaryl/α,β-unsaturated/α-hetero) is 1. The van der Waals surface area contributed by atoms with Crippen LogP contribution in [0.5, 0.6) is 0 Å². The highest BCUT2D eigenvalue weighted by molar-refractivity contribution is 6.35. The first-order valence-electron chi connectivity index (χ1n) is 8.20. The number of benzene rings is 2. The number of nitriles is 1. The minimum Gasteiger partial charge on any atom is -0.454 e. The molecule has 0 fully saturated rings. The van der Waals surface area contributed by atoms with Gasteiger partial charge in [-0.3, -0.25) is 4.79 Å². The van der Waals surface area contributed by atoms with Crippen LogP contribution < -0.4 is 9.80 Å². The summed E-state index contributed by atoms with van der Waals surface area (Å²) >= 11 is 11.7. The van der Waals surface area contributed by atoms with E-state index in [0.29, 0.717) is 5.82 Å². The number of carbonyl (C=O) groups excluding carboxylic acids is 2. The molecule has 0 atom stereocenters. The number of anilines is 2. The van der Waals surface area contributed by atoms with E-state index in [9.17, 15) is 14.9 Å². The summed E-state index contributed by atoms with van der Waals surface area (Å²) in [4.78, 5) is 28.3. The molecule has 28 heavy (non-hydrogen) atoms. The Morgan fingerprint density at radius 3 is 2.07 bits per heavy atom. The second-order valence-corrected chi connectivity index (χ2v) is 6.95. The summed E-state index contributed by atoms with van der Waals surface area (Å²) in [5.74, 6) is -0.933. The van der Waals surface area contributed by atoms with Gasteiger partial charge >= 0.3 is 5.97 Å². The molecule has 0 saturated heterocycles. The van der Waals surface area contributed by atoms with E-state index >= 15 is 0 Å². The molecular weight excluding hydrogens is 401 g/mol. The second-order valence-electron chi connectivity index (χ2n) is 6.07. The first-order valence-corrected chi connectivity index (χ1v) is 8.96. The zero-order chi connectivity index (χ0) is 20.4. The number of nitrogens with zero attached hydrogens (tertiary/aromatic N) is 3. The van der Waals surface area contributed by atoms with Crippen molar-refractivity contribution in [3.05, 3.63) is 69.5 Å². The van der Waals surface area contributed by atoms with Crippen molar-refractivity contribution in [2.75, 3.05) is 30.5 Å². The van der Waals surface area contributed by atoms with Crippen LogP contribution in [0.15, 0.2) is 53.9 Å². The van der Waals surface area contributed by atoms with E-state index in [-0.39, 0.29) is 21.2 Å². The summed E-state index contributed by atoms with van der Waals surface area (Å²) in [6, 6.07) is 13.7.